The Labute approximate surface area is 141 Å². The number of hydrogen-bond acceptors (Lipinski definition) is 4. The fraction of sp³-hybridized carbons (Fsp3) is 0. The van der Waals surface area contributed by atoms with E-state index in [9.17, 15) is 14.3 Å². The fourth-order valence-electron chi connectivity index (χ4n) is 2.16. The van der Waals surface area contributed by atoms with Gasteiger partial charge in [0.05, 0.1) is 11.4 Å². The lowest BCUT2D eigenvalue weighted by Gasteiger charge is -2.11. The Hall–Kier alpha value is -3.06. The van der Waals surface area contributed by atoms with E-state index in [2.05, 4.69) is 9.98 Å². The van der Waals surface area contributed by atoms with E-state index >= 15 is 0 Å². The van der Waals surface area contributed by atoms with E-state index in [4.69, 9.17) is 12.2 Å². The molecule has 0 atom stereocenters. The van der Waals surface area contributed by atoms with Gasteiger partial charge in [0.25, 0.3) is 5.56 Å². The lowest BCUT2D eigenvalue weighted by molar-refractivity contribution is 0.429. The molecule has 0 aliphatic rings. The van der Waals surface area contributed by atoms with Crippen LogP contribution in [0, 0.1) is 10.6 Å². The number of para-hydroxylation sites is 2. The second-order valence-electron chi connectivity index (χ2n) is 4.88. The van der Waals surface area contributed by atoms with Gasteiger partial charge in [-0.15, -0.1) is 0 Å². The number of nitrogens with zero attached hydrogens (tertiary/aromatic N) is 2. The molecule has 120 valence electrons. The van der Waals surface area contributed by atoms with Crippen LogP contribution in [0.5, 0.6) is 5.88 Å². The number of aromatic nitrogens is 2. The smallest absolute Gasteiger partial charge is 0.264 e. The summed E-state index contributed by atoms with van der Waals surface area (Å²) in [6, 6.07) is 14.7. The zero-order valence-corrected chi connectivity index (χ0v) is 13.1. The Kier molecular flexibility index (Phi) is 4.35. The molecule has 2 aromatic carbocycles. The van der Waals surface area contributed by atoms with Gasteiger partial charge in [0, 0.05) is 6.21 Å². The summed E-state index contributed by atoms with van der Waals surface area (Å²) < 4.78 is 15.0. The third kappa shape index (κ3) is 3.02. The number of halogens is 1. The van der Waals surface area contributed by atoms with Crippen molar-refractivity contribution < 1.29 is 9.50 Å². The SMILES string of the molecule is O=c1[nH]c(=S)n(-c2ccccc2F)c(O)c1C=Nc1ccccc1. The molecule has 1 heterocycles. The first-order valence-electron chi connectivity index (χ1n) is 7.00. The van der Waals surface area contributed by atoms with Crippen molar-refractivity contribution in [1.82, 2.24) is 9.55 Å². The minimum absolute atomic E-state index is 0.0330. The summed E-state index contributed by atoms with van der Waals surface area (Å²) >= 11 is 5.04. The first kappa shape index (κ1) is 15.8. The van der Waals surface area contributed by atoms with Crippen LogP contribution in [-0.4, -0.2) is 20.9 Å². The predicted molar refractivity (Wildman–Crippen MR) is 92.5 cm³/mol. The summed E-state index contributed by atoms with van der Waals surface area (Å²) in [4.78, 5) is 18.6. The number of hydrogen-bond donors (Lipinski definition) is 2. The van der Waals surface area contributed by atoms with Crippen LogP contribution in [0.3, 0.4) is 0 Å². The van der Waals surface area contributed by atoms with Gasteiger partial charge in [0.15, 0.2) is 4.77 Å². The Morgan fingerprint density at radius 1 is 1.12 bits per heavy atom. The Morgan fingerprint density at radius 2 is 1.79 bits per heavy atom. The van der Waals surface area contributed by atoms with Gasteiger partial charge in [0.1, 0.15) is 11.4 Å². The first-order valence-corrected chi connectivity index (χ1v) is 7.41. The van der Waals surface area contributed by atoms with Crippen LogP contribution in [0.2, 0.25) is 0 Å². The van der Waals surface area contributed by atoms with Gasteiger partial charge in [-0.1, -0.05) is 30.3 Å². The third-order valence-corrected chi connectivity index (χ3v) is 3.60. The van der Waals surface area contributed by atoms with Gasteiger partial charge in [-0.2, -0.15) is 0 Å². The van der Waals surface area contributed by atoms with Crippen molar-refractivity contribution >= 4 is 24.1 Å². The number of aromatic hydroxyl groups is 1. The van der Waals surface area contributed by atoms with E-state index in [-0.39, 0.29) is 16.0 Å². The fourth-order valence-corrected chi connectivity index (χ4v) is 2.44. The van der Waals surface area contributed by atoms with Crippen molar-refractivity contribution in [1.29, 1.82) is 0 Å². The van der Waals surface area contributed by atoms with E-state index in [0.29, 0.717) is 5.69 Å². The van der Waals surface area contributed by atoms with Crippen molar-refractivity contribution in [2.24, 2.45) is 4.99 Å². The van der Waals surface area contributed by atoms with Crippen LogP contribution in [0.15, 0.2) is 64.4 Å². The van der Waals surface area contributed by atoms with E-state index in [1.165, 1.54) is 24.4 Å². The maximum atomic E-state index is 14.0. The molecule has 0 unspecified atom stereocenters. The standard InChI is InChI=1S/C17H12FN3O2S/c18-13-8-4-5-9-14(13)21-16(23)12(15(22)20-17(21)24)10-19-11-6-2-1-3-7-11/h1-10,23H,(H,20,22,24). The highest BCUT2D eigenvalue weighted by Gasteiger charge is 2.14. The quantitative estimate of drug-likeness (QED) is 0.566. The van der Waals surface area contributed by atoms with E-state index in [1.807, 2.05) is 6.07 Å². The Bertz CT molecular complexity index is 1030. The zero-order valence-electron chi connectivity index (χ0n) is 12.3. The molecule has 3 rings (SSSR count). The minimum Gasteiger partial charge on any atom is -0.494 e. The minimum atomic E-state index is -0.607. The van der Waals surface area contributed by atoms with Gasteiger partial charge in [-0.25, -0.2) is 4.39 Å². The number of nitrogens with one attached hydrogen (secondary N) is 1. The summed E-state index contributed by atoms with van der Waals surface area (Å²) in [5.74, 6) is -1.06. The average Bonchev–Trinajstić information content (AvgIpc) is 2.57. The summed E-state index contributed by atoms with van der Waals surface area (Å²) in [5, 5.41) is 10.4. The summed E-state index contributed by atoms with van der Waals surface area (Å²) in [6.07, 6.45) is 1.22. The molecule has 0 radical (unpaired) electrons. The molecule has 0 spiro atoms. The Balaban J connectivity index is 2.17. The van der Waals surface area contributed by atoms with Gasteiger partial charge < -0.3 is 5.11 Å². The number of aromatic amines is 1. The van der Waals surface area contributed by atoms with E-state index in [1.54, 1.807) is 30.3 Å². The largest absolute Gasteiger partial charge is 0.494 e. The molecule has 1 aromatic heterocycles. The highest BCUT2D eigenvalue weighted by atomic mass is 32.1. The number of benzene rings is 2. The second kappa shape index (κ2) is 6.59. The summed E-state index contributed by atoms with van der Waals surface area (Å²) in [6.45, 7) is 0. The van der Waals surface area contributed by atoms with Crippen LogP contribution in [-0.2, 0) is 0 Å². The average molecular weight is 341 g/mol. The van der Waals surface area contributed by atoms with Crippen LogP contribution >= 0.6 is 12.2 Å². The lowest BCUT2D eigenvalue weighted by atomic mass is 10.2. The van der Waals surface area contributed by atoms with Crippen LogP contribution < -0.4 is 5.56 Å². The summed E-state index contributed by atoms with van der Waals surface area (Å²) in [5.41, 5.74) is -0.0812. The number of H-pyrrole nitrogens is 1. The molecular formula is C17H12FN3O2S. The highest BCUT2D eigenvalue weighted by molar-refractivity contribution is 7.71. The summed E-state index contributed by atoms with van der Waals surface area (Å²) in [7, 11) is 0. The lowest BCUT2D eigenvalue weighted by Crippen LogP contribution is -2.18. The van der Waals surface area contributed by atoms with Crippen molar-refractivity contribution in [2.75, 3.05) is 0 Å². The van der Waals surface area contributed by atoms with Crippen molar-refractivity contribution in [3.63, 3.8) is 0 Å². The van der Waals surface area contributed by atoms with Gasteiger partial charge >= 0.3 is 0 Å². The van der Waals surface area contributed by atoms with Crippen LogP contribution in [0.4, 0.5) is 10.1 Å². The molecule has 0 saturated heterocycles. The molecule has 3 aromatic rings. The van der Waals surface area contributed by atoms with Crippen LogP contribution in [0.25, 0.3) is 5.69 Å². The molecule has 2 N–H and O–H groups in total. The maximum Gasteiger partial charge on any atom is 0.264 e. The molecule has 7 heteroatoms. The monoisotopic (exact) mass is 341 g/mol. The van der Waals surface area contributed by atoms with E-state index < -0.39 is 17.3 Å². The first-order chi connectivity index (χ1) is 11.6. The third-order valence-electron chi connectivity index (χ3n) is 3.31. The zero-order chi connectivity index (χ0) is 17.1. The predicted octanol–water partition coefficient (Wildman–Crippen LogP) is 3.49. The van der Waals surface area contributed by atoms with Crippen LogP contribution in [0.1, 0.15) is 5.56 Å². The van der Waals surface area contributed by atoms with Crippen molar-refractivity contribution in [2.45, 2.75) is 0 Å². The van der Waals surface area contributed by atoms with E-state index in [0.717, 1.165) is 4.57 Å². The molecule has 0 aliphatic heterocycles. The van der Waals surface area contributed by atoms with Gasteiger partial charge in [0.2, 0.25) is 5.88 Å². The molecular weight excluding hydrogens is 329 g/mol. The van der Waals surface area contributed by atoms with Crippen molar-refractivity contribution in [3.8, 4) is 11.6 Å². The Morgan fingerprint density at radius 3 is 2.50 bits per heavy atom. The van der Waals surface area contributed by atoms with Crippen molar-refractivity contribution in [3.05, 3.63) is 81.1 Å². The topological polar surface area (TPSA) is 70.4 Å². The molecule has 0 saturated carbocycles. The normalized spacial score (nSPS) is 11.0. The maximum absolute atomic E-state index is 14.0. The second-order valence-corrected chi connectivity index (χ2v) is 5.26. The highest BCUT2D eigenvalue weighted by Crippen LogP contribution is 2.21. The molecule has 5 nitrogen and oxygen atoms in total. The van der Waals surface area contributed by atoms with Gasteiger partial charge in [-0.3, -0.25) is 19.3 Å². The number of aliphatic imine (C=N–C) groups is 1. The number of rotatable bonds is 3. The molecule has 24 heavy (non-hydrogen) atoms. The molecule has 0 fully saturated rings. The molecule has 0 aliphatic carbocycles. The van der Waals surface area contributed by atoms with Gasteiger partial charge in [-0.05, 0) is 36.5 Å². The molecule has 0 bridgehead atoms. The molecule has 0 amide bonds.